The minimum Gasteiger partial charge on any atom is -0.495 e. The maximum Gasteiger partial charge on any atom is 0.323 e. The minimum absolute atomic E-state index is 0.367. The first-order valence-electron chi connectivity index (χ1n) is 5.85. The molecule has 0 spiro atoms. The lowest BCUT2D eigenvalue weighted by atomic mass is 10.2. The Morgan fingerprint density at radius 1 is 1.15 bits per heavy atom. The van der Waals surface area contributed by atoms with Gasteiger partial charge in [0, 0.05) is 11.4 Å². The van der Waals surface area contributed by atoms with Gasteiger partial charge in [0.05, 0.1) is 12.8 Å². The molecule has 104 valence electrons. The van der Waals surface area contributed by atoms with Crippen molar-refractivity contribution in [3.63, 3.8) is 0 Å². The summed E-state index contributed by atoms with van der Waals surface area (Å²) in [5.74, 6) is 0.127. The Bertz CT molecular complexity index is 614. The highest BCUT2D eigenvalue weighted by molar-refractivity contribution is 6.00. The highest BCUT2D eigenvalue weighted by Gasteiger charge is 2.08. The molecule has 0 unspecified atom stereocenters. The van der Waals surface area contributed by atoms with Crippen molar-refractivity contribution in [2.75, 3.05) is 23.5 Å². The Balaban J connectivity index is 2.08. The number of rotatable bonds is 3. The van der Waals surface area contributed by atoms with Crippen LogP contribution in [0.4, 0.5) is 26.2 Å². The second-order valence-corrected chi connectivity index (χ2v) is 4.05. The van der Waals surface area contributed by atoms with Crippen LogP contribution in [-0.2, 0) is 0 Å². The molecule has 0 fully saturated rings. The summed E-state index contributed by atoms with van der Waals surface area (Å²) in [6.07, 6.45) is 0. The molecule has 2 aromatic carbocycles. The van der Waals surface area contributed by atoms with Crippen LogP contribution >= 0.6 is 0 Å². The molecule has 4 N–H and O–H groups in total. The topological polar surface area (TPSA) is 76.4 Å². The fourth-order valence-electron chi connectivity index (χ4n) is 1.64. The molecule has 0 heterocycles. The molecule has 0 aliphatic heterocycles. The number of anilines is 3. The molecule has 0 radical (unpaired) electrons. The molecule has 2 amide bonds. The number of urea groups is 1. The molecule has 2 rings (SSSR count). The first-order chi connectivity index (χ1) is 9.58. The monoisotopic (exact) mass is 275 g/mol. The molecule has 0 aromatic heterocycles. The lowest BCUT2D eigenvalue weighted by Crippen LogP contribution is -2.19. The molecule has 5 nitrogen and oxygen atoms in total. The largest absolute Gasteiger partial charge is 0.495 e. The molecule has 2 aromatic rings. The van der Waals surface area contributed by atoms with Gasteiger partial charge in [0.1, 0.15) is 11.6 Å². The number of ether oxygens (including phenoxy) is 1. The van der Waals surface area contributed by atoms with E-state index in [1.54, 1.807) is 18.2 Å². The van der Waals surface area contributed by atoms with Crippen LogP contribution in [-0.4, -0.2) is 13.1 Å². The molecule has 0 bridgehead atoms. The normalized spacial score (nSPS) is 9.90. The van der Waals surface area contributed by atoms with Crippen LogP contribution in [0.25, 0.3) is 0 Å². The first-order valence-corrected chi connectivity index (χ1v) is 5.85. The van der Waals surface area contributed by atoms with Crippen molar-refractivity contribution in [2.45, 2.75) is 0 Å². The van der Waals surface area contributed by atoms with Crippen LogP contribution in [0.5, 0.6) is 5.75 Å². The highest BCUT2D eigenvalue weighted by Crippen LogP contribution is 2.26. The highest BCUT2D eigenvalue weighted by atomic mass is 19.1. The average Bonchev–Trinajstić information content (AvgIpc) is 2.41. The van der Waals surface area contributed by atoms with Gasteiger partial charge >= 0.3 is 6.03 Å². The van der Waals surface area contributed by atoms with Crippen LogP contribution in [0, 0.1) is 5.82 Å². The van der Waals surface area contributed by atoms with Crippen molar-refractivity contribution >= 4 is 23.1 Å². The van der Waals surface area contributed by atoms with Gasteiger partial charge in [-0.05, 0) is 42.5 Å². The van der Waals surface area contributed by atoms with E-state index < -0.39 is 6.03 Å². The van der Waals surface area contributed by atoms with Crippen LogP contribution in [0.3, 0.4) is 0 Å². The average molecular weight is 275 g/mol. The van der Waals surface area contributed by atoms with Crippen LogP contribution in [0.2, 0.25) is 0 Å². The van der Waals surface area contributed by atoms with E-state index >= 15 is 0 Å². The Kier molecular flexibility index (Phi) is 4.05. The van der Waals surface area contributed by atoms with Crippen LogP contribution < -0.4 is 21.1 Å². The van der Waals surface area contributed by atoms with Crippen molar-refractivity contribution in [3.8, 4) is 5.75 Å². The minimum atomic E-state index is -0.472. The fourth-order valence-corrected chi connectivity index (χ4v) is 1.64. The molecule has 20 heavy (non-hydrogen) atoms. The van der Waals surface area contributed by atoms with E-state index in [2.05, 4.69) is 10.6 Å². The summed E-state index contributed by atoms with van der Waals surface area (Å²) in [6, 6.07) is 9.89. The van der Waals surface area contributed by atoms with E-state index in [9.17, 15) is 9.18 Å². The summed E-state index contributed by atoms with van der Waals surface area (Å²) in [5.41, 5.74) is 7.09. The SMILES string of the molecule is COc1ccc(N)cc1NC(=O)Nc1ccc(F)cc1. The van der Waals surface area contributed by atoms with E-state index in [0.29, 0.717) is 22.8 Å². The van der Waals surface area contributed by atoms with Gasteiger partial charge in [-0.25, -0.2) is 9.18 Å². The van der Waals surface area contributed by atoms with Gasteiger partial charge in [0.25, 0.3) is 0 Å². The zero-order chi connectivity index (χ0) is 14.5. The Morgan fingerprint density at radius 2 is 1.85 bits per heavy atom. The third-order valence-corrected chi connectivity index (χ3v) is 2.57. The second kappa shape index (κ2) is 5.92. The van der Waals surface area contributed by atoms with E-state index in [4.69, 9.17) is 10.5 Å². The Morgan fingerprint density at radius 3 is 2.50 bits per heavy atom. The summed E-state index contributed by atoms with van der Waals surface area (Å²) in [5, 5.41) is 5.19. The Hall–Kier alpha value is -2.76. The van der Waals surface area contributed by atoms with Crippen molar-refractivity contribution in [3.05, 3.63) is 48.3 Å². The number of benzene rings is 2. The second-order valence-electron chi connectivity index (χ2n) is 4.05. The maximum atomic E-state index is 12.8. The number of hydrogen-bond acceptors (Lipinski definition) is 3. The molecule has 0 saturated heterocycles. The summed E-state index contributed by atoms with van der Waals surface area (Å²) in [6.45, 7) is 0. The number of nitrogens with one attached hydrogen (secondary N) is 2. The van der Waals surface area contributed by atoms with Crippen LogP contribution in [0.15, 0.2) is 42.5 Å². The molecular weight excluding hydrogens is 261 g/mol. The number of hydrogen-bond donors (Lipinski definition) is 3. The molecule has 6 heteroatoms. The maximum absolute atomic E-state index is 12.8. The number of amides is 2. The number of carbonyl (C=O) groups is 1. The van der Waals surface area contributed by atoms with Gasteiger partial charge in [-0.3, -0.25) is 0 Å². The molecule has 0 saturated carbocycles. The smallest absolute Gasteiger partial charge is 0.323 e. The van der Waals surface area contributed by atoms with Gasteiger partial charge < -0.3 is 21.1 Å². The fraction of sp³-hybridized carbons (Fsp3) is 0.0714. The number of methoxy groups -OCH3 is 1. The van der Waals surface area contributed by atoms with Gasteiger partial charge in [-0.1, -0.05) is 0 Å². The van der Waals surface area contributed by atoms with Crippen molar-refractivity contribution in [1.29, 1.82) is 0 Å². The van der Waals surface area contributed by atoms with E-state index in [-0.39, 0.29) is 5.82 Å². The molecular formula is C14H14FN3O2. The summed E-state index contributed by atoms with van der Waals surface area (Å²) >= 11 is 0. The van der Waals surface area contributed by atoms with Gasteiger partial charge in [0.15, 0.2) is 0 Å². The first kappa shape index (κ1) is 13.7. The summed E-state index contributed by atoms with van der Waals surface area (Å²) < 4.78 is 17.9. The van der Waals surface area contributed by atoms with E-state index in [1.165, 1.54) is 31.4 Å². The van der Waals surface area contributed by atoms with Crippen molar-refractivity contribution in [2.24, 2.45) is 0 Å². The van der Waals surface area contributed by atoms with E-state index in [1.807, 2.05) is 0 Å². The molecule has 0 aliphatic carbocycles. The molecule has 0 aliphatic rings. The predicted octanol–water partition coefficient (Wildman–Crippen LogP) is 3.06. The van der Waals surface area contributed by atoms with Gasteiger partial charge in [-0.15, -0.1) is 0 Å². The van der Waals surface area contributed by atoms with Gasteiger partial charge in [0.2, 0.25) is 0 Å². The number of carbonyl (C=O) groups excluding carboxylic acids is 1. The number of nitrogens with two attached hydrogens (primary N) is 1. The zero-order valence-corrected chi connectivity index (χ0v) is 10.8. The predicted molar refractivity (Wildman–Crippen MR) is 76.4 cm³/mol. The van der Waals surface area contributed by atoms with Crippen LogP contribution in [0.1, 0.15) is 0 Å². The third-order valence-electron chi connectivity index (χ3n) is 2.57. The summed E-state index contributed by atoms with van der Waals surface area (Å²) in [7, 11) is 1.49. The molecule has 0 atom stereocenters. The number of halogens is 1. The van der Waals surface area contributed by atoms with E-state index in [0.717, 1.165) is 0 Å². The number of nitrogen functional groups attached to an aromatic ring is 1. The Labute approximate surface area is 115 Å². The van der Waals surface area contributed by atoms with Crippen molar-refractivity contribution < 1.29 is 13.9 Å². The zero-order valence-electron chi connectivity index (χ0n) is 10.8. The quantitative estimate of drug-likeness (QED) is 0.753. The van der Waals surface area contributed by atoms with Gasteiger partial charge in [-0.2, -0.15) is 0 Å². The lowest BCUT2D eigenvalue weighted by Gasteiger charge is -2.11. The van der Waals surface area contributed by atoms with Crippen molar-refractivity contribution in [1.82, 2.24) is 0 Å². The lowest BCUT2D eigenvalue weighted by molar-refractivity contribution is 0.262. The third kappa shape index (κ3) is 3.38. The summed E-state index contributed by atoms with van der Waals surface area (Å²) in [4.78, 5) is 11.8. The standard InChI is InChI=1S/C14H14FN3O2/c1-20-13-7-4-10(16)8-12(13)18-14(19)17-11-5-2-9(15)3-6-11/h2-8H,16H2,1H3,(H2,17,18,19).